The van der Waals surface area contributed by atoms with Gasteiger partial charge in [-0.2, -0.15) is 0 Å². The van der Waals surface area contributed by atoms with E-state index in [1.807, 2.05) is 6.79 Å². The zero-order valence-corrected chi connectivity index (χ0v) is 7.92. The summed E-state index contributed by atoms with van der Waals surface area (Å²) in [6.45, 7) is 6.27. The van der Waals surface area contributed by atoms with E-state index in [-0.39, 0.29) is 0 Å². The summed E-state index contributed by atoms with van der Waals surface area (Å²) in [5, 5.41) is 1.37. The highest BCUT2D eigenvalue weighted by Crippen LogP contribution is 2.20. The van der Waals surface area contributed by atoms with E-state index < -0.39 is 0 Å². The summed E-state index contributed by atoms with van der Waals surface area (Å²) in [6, 6.07) is 6.33. The molecular formula is C11H13NO. The SMILES string of the molecule is C=O.Cc1cccc2[nH]cc(C)c12. The van der Waals surface area contributed by atoms with Crippen molar-refractivity contribution in [2.24, 2.45) is 0 Å². The number of aryl methyl sites for hydroxylation is 2. The van der Waals surface area contributed by atoms with Gasteiger partial charge >= 0.3 is 0 Å². The fraction of sp³-hybridized carbons (Fsp3) is 0.182. The number of hydrogen-bond donors (Lipinski definition) is 1. The van der Waals surface area contributed by atoms with Crippen LogP contribution in [0.25, 0.3) is 10.9 Å². The molecule has 0 saturated heterocycles. The Balaban J connectivity index is 0.000000396. The normalized spacial score (nSPS) is 9.38. The average Bonchev–Trinajstić information content (AvgIpc) is 2.53. The van der Waals surface area contributed by atoms with Gasteiger partial charge in [-0.25, -0.2) is 0 Å². The third-order valence-corrected chi connectivity index (χ3v) is 2.11. The topological polar surface area (TPSA) is 32.9 Å². The second kappa shape index (κ2) is 3.90. The summed E-state index contributed by atoms with van der Waals surface area (Å²) in [4.78, 5) is 11.2. The summed E-state index contributed by atoms with van der Waals surface area (Å²) in [5.74, 6) is 0. The van der Waals surface area contributed by atoms with E-state index in [0.717, 1.165) is 0 Å². The van der Waals surface area contributed by atoms with Crippen LogP contribution in [0.4, 0.5) is 0 Å². The van der Waals surface area contributed by atoms with Gasteiger partial charge in [-0.05, 0) is 31.0 Å². The first-order valence-corrected chi connectivity index (χ1v) is 4.11. The predicted molar refractivity (Wildman–Crippen MR) is 54.9 cm³/mol. The van der Waals surface area contributed by atoms with E-state index in [0.29, 0.717) is 0 Å². The molecule has 0 unspecified atom stereocenters. The zero-order chi connectivity index (χ0) is 9.84. The highest BCUT2D eigenvalue weighted by atomic mass is 16.1. The Bertz CT molecular complexity index is 403. The van der Waals surface area contributed by atoms with E-state index in [1.54, 1.807) is 0 Å². The number of benzene rings is 1. The lowest BCUT2D eigenvalue weighted by molar-refractivity contribution is -0.0979. The van der Waals surface area contributed by atoms with Gasteiger partial charge in [0.2, 0.25) is 0 Å². The smallest absolute Gasteiger partial charge is 0.106 e. The van der Waals surface area contributed by atoms with Crippen LogP contribution in [0.15, 0.2) is 24.4 Å². The standard InChI is InChI=1S/C10H11N.CH2O/c1-7-4-3-5-9-10(7)8(2)6-11-9;1-2/h3-6,11H,1-2H3;1H2. The molecule has 0 saturated carbocycles. The summed E-state index contributed by atoms with van der Waals surface area (Å²) in [5.41, 5.74) is 3.92. The Morgan fingerprint density at radius 3 is 2.46 bits per heavy atom. The molecule has 1 aromatic carbocycles. The molecule has 2 aromatic rings. The van der Waals surface area contributed by atoms with E-state index >= 15 is 0 Å². The number of carbonyl (C=O) groups is 1. The van der Waals surface area contributed by atoms with Crippen molar-refractivity contribution in [2.45, 2.75) is 13.8 Å². The molecule has 2 rings (SSSR count). The predicted octanol–water partition coefficient (Wildman–Crippen LogP) is 2.60. The number of fused-ring (bicyclic) bond motifs is 1. The van der Waals surface area contributed by atoms with Gasteiger partial charge in [-0.1, -0.05) is 12.1 Å². The van der Waals surface area contributed by atoms with Crippen LogP contribution in [0.3, 0.4) is 0 Å². The number of hydrogen-bond acceptors (Lipinski definition) is 1. The molecule has 2 heteroatoms. The molecule has 13 heavy (non-hydrogen) atoms. The molecule has 0 radical (unpaired) electrons. The van der Waals surface area contributed by atoms with Gasteiger partial charge in [-0.15, -0.1) is 0 Å². The molecule has 0 bridgehead atoms. The largest absolute Gasteiger partial charge is 0.361 e. The maximum atomic E-state index is 8.00. The Hall–Kier alpha value is -1.57. The summed E-state index contributed by atoms with van der Waals surface area (Å²) in [6.07, 6.45) is 2.05. The Kier molecular flexibility index (Phi) is 2.85. The molecule has 0 atom stereocenters. The number of rotatable bonds is 0. The number of nitrogens with one attached hydrogen (secondary N) is 1. The maximum absolute atomic E-state index is 8.00. The lowest BCUT2D eigenvalue weighted by Gasteiger charge is -1.95. The van der Waals surface area contributed by atoms with Gasteiger partial charge in [0.15, 0.2) is 0 Å². The lowest BCUT2D eigenvalue weighted by Crippen LogP contribution is -1.74. The second-order valence-electron chi connectivity index (χ2n) is 2.97. The first-order chi connectivity index (χ1) is 6.29. The first-order valence-electron chi connectivity index (χ1n) is 4.11. The minimum Gasteiger partial charge on any atom is -0.361 e. The van der Waals surface area contributed by atoms with Crippen LogP contribution in [0, 0.1) is 13.8 Å². The zero-order valence-electron chi connectivity index (χ0n) is 7.92. The fourth-order valence-electron chi connectivity index (χ4n) is 1.57. The molecular weight excluding hydrogens is 162 g/mol. The van der Waals surface area contributed by atoms with Gasteiger partial charge in [0, 0.05) is 17.1 Å². The molecule has 0 aliphatic rings. The van der Waals surface area contributed by atoms with Crippen LogP contribution in [-0.2, 0) is 4.79 Å². The molecule has 2 nitrogen and oxygen atoms in total. The van der Waals surface area contributed by atoms with Crippen molar-refractivity contribution in [3.8, 4) is 0 Å². The molecule has 0 spiro atoms. The van der Waals surface area contributed by atoms with Crippen molar-refractivity contribution in [1.82, 2.24) is 4.98 Å². The summed E-state index contributed by atoms with van der Waals surface area (Å²) >= 11 is 0. The minimum absolute atomic E-state index is 1.24. The minimum atomic E-state index is 1.24. The third-order valence-electron chi connectivity index (χ3n) is 2.11. The van der Waals surface area contributed by atoms with Crippen LogP contribution in [0.5, 0.6) is 0 Å². The first kappa shape index (κ1) is 9.52. The van der Waals surface area contributed by atoms with Gasteiger partial charge < -0.3 is 9.78 Å². The van der Waals surface area contributed by atoms with E-state index in [2.05, 4.69) is 43.2 Å². The van der Waals surface area contributed by atoms with Crippen molar-refractivity contribution >= 4 is 17.7 Å². The van der Waals surface area contributed by atoms with Crippen molar-refractivity contribution < 1.29 is 4.79 Å². The molecule has 0 amide bonds. The second-order valence-corrected chi connectivity index (χ2v) is 2.97. The van der Waals surface area contributed by atoms with Crippen LogP contribution in [-0.4, -0.2) is 11.8 Å². The molecule has 68 valence electrons. The average molecular weight is 175 g/mol. The molecule has 0 aliphatic heterocycles. The van der Waals surface area contributed by atoms with Gasteiger partial charge in [0.05, 0.1) is 0 Å². The number of aromatic amines is 1. The number of carbonyl (C=O) groups excluding carboxylic acids is 1. The fourth-order valence-corrected chi connectivity index (χ4v) is 1.57. The quantitative estimate of drug-likeness (QED) is 0.656. The summed E-state index contributed by atoms with van der Waals surface area (Å²) in [7, 11) is 0. The van der Waals surface area contributed by atoms with E-state index in [1.165, 1.54) is 22.0 Å². The Morgan fingerprint density at radius 1 is 1.15 bits per heavy atom. The van der Waals surface area contributed by atoms with E-state index in [4.69, 9.17) is 4.79 Å². The molecule has 1 aromatic heterocycles. The Morgan fingerprint density at radius 2 is 1.85 bits per heavy atom. The van der Waals surface area contributed by atoms with Gasteiger partial charge in [0.25, 0.3) is 0 Å². The highest BCUT2D eigenvalue weighted by Gasteiger charge is 1.99. The van der Waals surface area contributed by atoms with Crippen molar-refractivity contribution in [2.75, 3.05) is 0 Å². The van der Waals surface area contributed by atoms with Gasteiger partial charge in [-0.3, -0.25) is 0 Å². The third kappa shape index (κ3) is 1.61. The van der Waals surface area contributed by atoms with Crippen LogP contribution in [0.2, 0.25) is 0 Å². The molecule has 0 fully saturated rings. The monoisotopic (exact) mass is 175 g/mol. The van der Waals surface area contributed by atoms with Crippen molar-refractivity contribution in [3.63, 3.8) is 0 Å². The number of H-pyrrole nitrogens is 1. The summed E-state index contributed by atoms with van der Waals surface area (Å²) < 4.78 is 0. The number of aromatic nitrogens is 1. The van der Waals surface area contributed by atoms with Crippen LogP contribution in [0.1, 0.15) is 11.1 Å². The van der Waals surface area contributed by atoms with E-state index in [9.17, 15) is 0 Å². The molecule has 1 heterocycles. The van der Waals surface area contributed by atoms with Gasteiger partial charge in [0.1, 0.15) is 6.79 Å². The highest BCUT2D eigenvalue weighted by molar-refractivity contribution is 5.86. The van der Waals surface area contributed by atoms with Crippen molar-refractivity contribution in [1.29, 1.82) is 0 Å². The Labute approximate surface area is 77.6 Å². The lowest BCUT2D eigenvalue weighted by atomic mass is 10.1. The van der Waals surface area contributed by atoms with Crippen molar-refractivity contribution in [3.05, 3.63) is 35.5 Å². The van der Waals surface area contributed by atoms with Crippen LogP contribution >= 0.6 is 0 Å². The maximum Gasteiger partial charge on any atom is 0.106 e. The molecule has 0 aliphatic carbocycles. The molecule has 1 N–H and O–H groups in total. The van der Waals surface area contributed by atoms with Crippen LogP contribution < -0.4 is 0 Å².